The summed E-state index contributed by atoms with van der Waals surface area (Å²) in [6.07, 6.45) is 5.79. The van der Waals surface area contributed by atoms with Gasteiger partial charge in [-0.3, -0.25) is 9.59 Å². The standard InChI is InChI=1S/C19H25FO5.C15H21FO3/c1-4-7-12-8-13-9-15(20)14(10-16(13)25-11-12)17(18(21)23-5-2)19(22)24-6-3;1-2-3-10-4-11-5-14(16)13(12(7-17)8-18)6-15(11)19-9-10/h9-10,12,17H,4-8,11H2,1-3H3;5-6,10,12,17-18H,2-4,7-9H2,1H3. The molecule has 2 atom stereocenters. The maximum atomic E-state index is 14.7. The molecule has 2 heterocycles. The SMILES string of the molecule is CCCC1COc2cc(C(C(=O)OCC)C(=O)OCC)c(F)cc2C1.CCCC1COc2cc(C(CO)CO)c(F)cc2C1. The van der Waals surface area contributed by atoms with E-state index >= 15 is 0 Å². The van der Waals surface area contributed by atoms with Gasteiger partial charge in [0, 0.05) is 11.5 Å². The highest BCUT2D eigenvalue weighted by Crippen LogP contribution is 2.36. The van der Waals surface area contributed by atoms with Crippen LogP contribution in [0.5, 0.6) is 11.5 Å². The van der Waals surface area contributed by atoms with Crippen molar-refractivity contribution in [3.05, 3.63) is 58.2 Å². The summed E-state index contributed by atoms with van der Waals surface area (Å²) in [5, 5.41) is 18.3. The Bertz CT molecular complexity index is 1230. The molecule has 244 valence electrons. The van der Waals surface area contributed by atoms with Gasteiger partial charge in [0.1, 0.15) is 23.1 Å². The van der Waals surface area contributed by atoms with Crippen molar-refractivity contribution >= 4 is 11.9 Å². The van der Waals surface area contributed by atoms with Crippen LogP contribution < -0.4 is 9.47 Å². The van der Waals surface area contributed by atoms with E-state index in [0.717, 1.165) is 49.7 Å². The number of esters is 2. The molecule has 10 heteroatoms. The van der Waals surface area contributed by atoms with Gasteiger partial charge in [0.2, 0.25) is 0 Å². The summed E-state index contributed by atoms with van der Waals surface area (Å²) < 4.78 is 50.0. The molecule has 0 amide bonds. The number of carbonyl (C=O) groups excluding carboxylic acids is 2. The molecule has 0 saturated carbocycles. The van der Waals surface area contributed by atoms with Crippen LogP contribution in [0.2, 0.25) is 0 Å². The molecule has 2 aromatic carbocycles. The van der Waals surface area contributed by atoms with Crippen LogP contribution in [0.15, 0.2) is 24.3 Å². The van der Waals surface area contributed by atoms with E-state index in [1.165, 1.54) is 18.2 Å². The van der Waals surface area contributed by atoms with E-state index in [-0.39, 0.29) is 37.8 Å². The predicted molar refractivity (Wildman–Crippen MR) is 161 cm³/mol. The number of halogens is 2. The molecule has 4 rings (SSSR count). The number of rotatable bonds is 12. The number of fused-ring (bicyclic) bond motifs is 2. The molecule has 0 saturated heterocycles. The molecule has 0 aromatic heterocycles. The summed E-state index contributed by atoms with van der Waals surface area (Å²) in [6, 6.07) is 5.91. The Hall–Kier alpha value is -3.24. The molecule has 0 radical (unpaired) electrons. The fourth-order valence-corrected chi connectivity index (χ4v) is 5.74. The zero-order valence-corrected chi connectivity index (χ0v) is 26.2. The third-order valence-electron chi connectivity index (χ3n) is 7.96. The molecular weight excluding hydrogens is 574 g/mol. The predicted octanol–water partition coefficient (Wildman–Crippen LogP) is 5.63. The first-order chi connectivity index (χ1) is 21.2. The van der Waals surface area contributed by atoms with Crippen molar-refractivity contribution in [3.8, 4) is 11.5 Å². The first-order valence-corrected chi connectivity index (χ1v) is 15.7. The highest BCUT2D eigenvalue weighted by molar-refractivity contribution is 6.01. The van der Waals surface area contributed by atoms with Gasteiger partial charge in [-0.05, 0) is 92.3 Å². The van der Waals surface area contributed by atoms with Crippen molar-refractivity contribution in [2.45, 2.75) is 78.1 Å². The van der Waals surface area contributed by atoms with Gasteiger partial charge in [-0.25, -0.2) is 8.78 Å². The summed E-state index contributed by atoms with van der Waals surface area (Å²) >= 11 is 0. The molecule has 44 heavy (non-hydrogen) atoms. The van der Waals surface area contributed by atoms with E-state index in [1.807, 2.05) is 0 Å². The molecule has 0 bridgehead atoms. The van der Waals surface area contributed by atoms with Crippen molar-refractivity contribution in [2.75, 3.05) is 39.6 Å². The Morgan fingerprint density at radius 3 is 1.61 bits per heavy atom. The number of hydrogen-bond donors (Lipinski definition) is 2. The Morgan fingerprint density at radius 1 is 0.773 bits per heavy atom. The van der Waals surface area contributed by atoms with Crippen LogP contribution in [0.3, 0.4) is 0 Å². The molecule has 2 unspecified atom stereocenters. The molecule has 0 aliphatic carbocycles. The monoisotopic (exact) mass is 620 g/mol. The summed E-state index contributed by atoms with van der Waals surface area (Å²) in [5.41, 5.74) is 1.92. The molecule has 0 fully saturated rings. The van der Waals surface area contributed by atoms with E-state index in [4.69, 9.17) is 29.2 Å². The summed E-state index contributed by atoms with van der Waals surface area (Å²) in [4.78, 5) is 24.4. The normalized spacial score (nSPS) is 17.0. The van der Waals surface area contributed by atoms with Gasteiger partial charge in [-0.2, -0.15) is 0 Å². The lowest BCUT2D eigenvalue weighted by atomic mass is 9.90. The lowest BCUT2D eigenvalue weighted by Gasteiger charge is -2.26. The number of carbonyl (C=O) groups is 2. The van der Waals surface area contributed by atoms with Crippen LogP contribution in [0, 0.1) is 23.5 Å². The van der Waals surface area contributed by atoms with E-state index < -0.39 is 29.6 Å². The fraction of sp³-hybridized carbons (Fsp3) is 0.588. The maximum Gasteiger partial charge on any atom is 0.325 e. The molecule has 0 spiro atoms. The van der Waals surface area contributed by atoms with Crippen LogP contribution in [0.4, 0.5) is 8.78 Å². The second kappa shape index (κ2) is 17.3. The minimum Gasteiger partial charge on any atom is -0.493 e. The highest BCUT2D eigenvalue weighted by atomic mass is 19.1. The Kier molecular flexibility index (Phi) is 13.9. The lowest BCUT2D eigenvalue weighted by molar-refractivity contribution is -0.157. The number of aliphatic hydroxyl groups is 2. The average molecular weight is 621 g/mol. The van der Waals surface area contributed by atoms with E-state index in [2.05, 4.69) is 13.8 Å². The molecule has 2 N–H and O–H groups in total. The largest absolute Gasteiger partial charge is 0.493 e. The zero-order chi connectivity index (χ0) is 32.2. The van der Waals surface area contributed by atoms with Crippen molar-refractivity contribution in [3.63, 3.8) is 0 Å². The molecule has 8 nitrogen and oxygen atoms in total. The van der Waals surface area contributed by atoms with Crippen molar-refractivity contribution in [1.82, 2.24) is 0 Å². The van der Waals surface area contributed by atoms with Crippen LogP contribution in [0.25, 0.3) is 0 Å². The second-order valence-electron chi connectivity index (χ2n) is 11.3. The topological polar surface area (TPSA) is 112 Å². The van der Waals surface area contributed by atoms with Gasteiger partial charge < -0.3 is 29.2 Å². The Balaban J connectivity index is 0.000000249. The average Bonchev–Trinajstić information content (AvgIpc) is 2.99. The number of aliphatic hydroxyl groups excluding tert-OH is 2. The number of hydrogen-bond acceptors (Lipinski definition) is 8. The van der Waals surface area contributed by atoms with Gasteiger partial charge >= 0.3 is 11.9 Å². The minimum absolute atomic E-state index is 0.0652. The zero-order valence-electron chi connectivity index (χ0n) is 26.2. The second-order valence-corrected chi connectivity index (χ2v) is 11.3. The Labute approximate surface area is 258 Å². The maximum absolute atomic E-state index is 14.7. The van der Waals surface area contributed by atoms with E-state index in [9.17, 15) is 18.4 Å². The number of ether oxygens (including phenoxy) is 4. The third-order valence-corrected chi connectivity index (χ3v) is 7.96. The highest BCUT2D eigenvalue weighted by Gasteiger charge is 2.35. The molecular formula is C34H46F2O8. The van der Waals surface area contributed by atoms with E-state index in [1.54, 1.807) is 19.9 Å². The van der Waals surface area contributed by atoms with Gasteiger partial charge in [-0.1, -0.05) is 26.7 Å². The third kappa shape index (κ3) is 8.91. The Morgan fingerprint density at radius 2 is 1.20 bits per heavy atom. The first kappa shape index (κ1) is 35.2. The van der Waals surface area contributed by atoms with Crippen LogP contribution in [-0.2, 0) is 31.9 Å². The van der Waals surface area contributed by atoms with Gasteiger partial charge in [-0.15, -0.1) is 0 Å². The smallest absolute Gasteiger partial charge is 0.325 e. The summed E-state index contributed by atoms with van der Waals surface area (Å²) in [6.45, 7) is 8.34. The van der Waals surface area contributed by atoms with Crippen LogP contribution >= 0.6 is 0 Å². The van der Waals surface area contributed by atoms with Crippen molar-refractivity contribution in [2.24, 2.45) is 11.8 Å². The van der Waals surface area contributed by atoms with Crippen LogP contribution in [0.1, 0.15) is 87.5 Å². The quantitative estimate of drug-likeness (QED) is 0.232. The molecule has 2 aromatic rings. The molecule has 2 aliphatic rings. The van der Waals surface area contributed by atoms with Crippen molar-refractivity contribution < 1.29 is 47.5 Å². The first-order valence-electron chi connectivity index (χ1n) is 15.7. The van der Waals surface area contributed by atoms with E-state index in [0.29, 0.717) is 42.1 Å². The summed E-state index contributed by atoms with van der Waals surface area (Å²) in [7, 11) is 0. The lowest BCUT2D eigenvalue weighted by Crippen LogP contribution is -2.28. The van der Waals surface area contributed by atoms with Crippen molar-refractivity contribution in [1.29, 1.82) is 0 Å². The van der Waals surface area contributed by atoms with Crippen LogP contribution in [-0.4, -0.2) is 61.8 Å². The van der Waals surface area contributed by atoms with Gasteiger partial charge in [0.15, 0.2) is 5.92 Å². The summed E-state index contributed by atoms with van der Waals surface area (Å²) in [5.74, 6) is -2.64. The number of benzene rings is 2. The minimum atomic E-state index is -1.44. The van der Waals surface area contributed by atoms with Gasteiger partial charge in [0.05, 0.1) is 39.6 Å². The fourth-order valence-electron chi connectivity index (χ4n) is 5.74. The van der Waals surface area contributed by atoms with Gasteiger partial charge in [0.25, 0.3) is 0 Å². The molecule has 2 aliphatic heterocycles.